The zero-order chi connectivity index (χ0) is 23.2. The van der Waals surface area contributed by atoms with E-state index in [9.17, 15) is 0 Å². The van der Waals surface area contributed by atoms with Gasteiger partial charge in [0.1, 0.15) is 17.5 Å². The second-order valence-electron chi connectivity index (χ2n) is 9.59. The molecule has 2 N–H and O–H groups in total. The molecule has 0 unspecified atom stereocenters. The third kappa shape index (κ3) is 3.97. The van der Waals surface area contributed by atoms with Gasteiger partial charge in [0.15, 0.2) is 5.82 Å². The van der Waals surface area contributed by atoms with Crippen LogP contribution in [0.1, 0.15) is 43.0 Å². The van der Waals surface area contributed by atoms with Crippen LogP contribution in [0.3, 0.4) is 0 Å². The van der Waals surface area contributed by atoms with Crippen LogP contribution in [0.2, 0.25) is 0 Å². The summed E-state index contributed by atoms with van der Waals surface area (Å²) in [4.78, 5) is 26.2. The van der Waals surface area contributed by atoms with Crippen molar-refractivity contribution in [1.82, 2.24) is 40.0 Å². The van der Waals surface area contributed by atoms with E-state index < -0.39 is 0 Å². The molecule has 0 atom stereocenters. The molecule has 7 rings (SSSR count). The molecule has 10 nitrogen and oxygen atoms in total. The summed E-state index contributed by atoms with van der Waals surface area (Å²) in [7, 11) is 0. The van der Waals surface area contributed by atoms with Crippen molar-refractivity contribution in [3.63, 3.8) is 0 Å². The Morgan fingerprint density at radius 1 is 1.00 bits per heavy atom. The van der Waals surface area contributed by atoms with Crippen LogP contribution in [0.15, 0.2) is 30.7 Å². The third-order valence-corrected chi connectivity index (χ3v) is 7.08. The maximum Gasteiger partial charge on any atom is 0.247 e. The lowest BCUT2D eigenvalue weighted by Crippen LogP contribution is -2.44. The molecule has 2 aliphatic heterocycles. The number of aromatic nitrogens is 7. The minimum absolute atomic E-state index is 0.576. The highest BCUT2D eigenvalue weighted by atomic mass is 15.4. The number of nitrogens with zero attached hydrogens (tertiary/aromatic N) is 8. The van der Waals surface area contributed by atoms with Crippen molar-refractivity contribution in [3.05, 3.63) is 42.1 Å². The molecule has 1 aliphatic carbocycles. The van der Waals surface area contributed by atoms with Crippen LogP contribution in [0.5, 0.6) is 0 Å². The number of nitrogens with one attached hydrogen (secondary N) is 2. The maximum absolute atomic E-state index is 5.14. The van der Waals surface area contributed by atoms with Gasteiger partial charge in [0, 0.05) is 62.5 Å². The Bertz CT molecular complexity index is 1360. The van der Waals surface area contributed by atoms with Crippen molar-refractivity contribution in [2.75, 3.05) is 36.4 Å². The van der Waals surface area contributed by atoms with E-state index in [1.54, 1.807) is 6.20 Å². The zero-order valence-corrected chi connectivity index (χ0v) is 19.6. The fourth-order valence-corrected chi connectivity index (χ4v) is 5.12. The second kappa shape index (κ2) is 8.53. The van der Waals surface area contributed by atoms with Gasteiger partial charge >= 0.3 is 0 Å². The molecular weight excluding hydrogens is 440 g/mol. The summed E-state index contributed by atoms with van der Waals surface area (Å²) in [5.74, 6) is 4.59. The lowest BCUT2D eigenvalue weighted by Gasteiger charge is -2.30. The van der Waals surface area contributed by atoms with Gasteiger partial charge in [-0.15, -0.1) is 5.10 Å². The van der Waals surface area contributed by atoms with Gasteiger partial charge < -0.3 is 15.5 Å². The lowest BCUT2D eigenvalue weighted by atomic mass is 10.1. The first-order valence-corrected chi connectivity index (χ1v) is 12.6. The van der Waals surface area contributed by atoms with Gasteiger partial charge in [0.05, 0.1) is 11.7 Å². The standard InChI is InChI=1S/C25H28N10/c1-2-10-35-21(3-1)31-25(33-35)30-20-13-17(6-7-28-20)23-29-19-15-27-14-18(16-4-5-16)22(19)24(32-23)34-11-8-26-9-12-34/h6-7,13-16,26H,1-5,8-12H2,(H,28,30,33). The van der Waals surface area contributed by atoms with E-state index >= 15 is 0 Å². The maximum atomic E-state index is 5.14. The minimum Gasteiger partial charge on any atom is -0.353 e. The largest absolute Gasteiger partial charge is 0.353 e. The number of anilines is 3. The molecule has 178 valence electrons. The first-order chi connectivity index (χ1) is 17.3. The molecule has 4 aromatic rings. The molecule has 4 aromatic heterocycles. The van der Waals surface area contributed by atoms with Gasteiger partial charge in [-0.1, -0.05) is 0 Å². The van der Waals surface area contributed by atoms with Crippen molar-refractivity contribution in [2.45, 2.75) is 44.6 Å². The fourth-order valence-electron chi connectivity index (χ4n) is 5.12. The van der Waals surface area contributed by atoms with Crippen LogP contribution in [0, 0.1) is 0 Å². The quantitative estimate of drug-likeness (QED) is 0.457. The van der Waals surface area contributed by atoms with E-state index in [0.29, 0.717) is 23.5 Å². The minimum atomic E-state index is 0.576. The van der Waals surface area contributed by atoms with Gasteiger partial charge in [-0.25, -0.2) is 19.6 Å². The predicted octanol–water partition coefficient (Wildman–Crippen LogP) is 3.05. The van der Waals surface area contributed by atoms with E-state index in [1.165, 1.54) is 18.4 Å². The second-order valence-corrected chi connectivity index (χ2v) is 9.59. The molecule has 3 aliphatic rings. The molecule has 0 radical (unpaired) electrons. The average molecular weight is 469 g/mol. The number of pyridine rings is 2. The average Bonchev–Trinajstić information content (AvgIpc) is 3.67. The molecular formula is C25H28N10. The summed E-state index contributed by atoms with van der Waals surface area (Å²) in [6.45, 7) is 4.69. The Hall–Kier alpha value is -3.66. The molecule has 0 bridgehead atoms. The van der Waals surface area contributed by atoms with Crippen molar-refractivity contribution < 1.29 is 0 Å². The predicted molar refractivity (Wildman–Crippen MR) is 134 cm³/mol. The molecule has 0 amide bonds. The summed E-state index contributed by atoms with van der Waals surface area (Å²) in [5.41, 5.74) is 3.10. The van der Waals surface area contributed by atoms with Gasteiger partial charge in [-0.2, -0.15) is 4.98 Å². The van der Waals surface area contributed by atoms with Crippen LogP contribution >= 0.6 is 0 Å². The molecule has 0 aromatic carbocycles. The van der Waals surface area contributed by atoms with Crippen LogP contribution in [-0.4, -0.2) is 60.9 Å². The van der Waals surface area contributed by atoms with Crippen LogP contribution < -0.4 is 15.5 Å². The number of hydrogen-bond donors (Lipinski definition) is 2. The first-order valence-electron chi connectivity index (χ1n) is 12.6. The Labute approximate surface area is 203 Å². The van der Waals surface area contributed by atoms with Gasteiger partial charge in [0.25, 0.3) is 0 Å². The van der Waals surface area contributed by atoms with Crippen molar-refractivity contribution in [1.29, 1.82) is 0 Å². The molecule has 6 heterocycles. The number of piperazine rings is 1. The summed E-state index contributed by atoms with van der Waals surface area (Å²) < 4.78 is 1.99. The number of rotatable bonds is 5. The zero-order valence-electron chi connectivity index (χ0n) is 19.6. The fraction of sp³-hybridized carbons (Fsp3) is 0.440. The normalized spacial score (nSPS) is 18.0. The molecule has 2 fully saturated rings. The highest BCUT2D eigenvalue weighted by Gasteiger charge is 2.29. The van der Waals surface area contributed by atoms with Crippen molar-refractivity contribution in [3.8, 4) is 11.4 Å². The van der Waals surface area contributed by atoms with E-state index in [4.69, 9.17) is 9.97 Å². The van der Waals surface area contributed by atoms with Crippen LogP contribution in [0.25, 0.3) is 22.3 Å². The van der Waals surface area contributed by atoms with Gasteiger partial charge in [0.2, 0.25) is 5.95 Å². The van der Waals surface area contributed by atoms with Gasteiger partial charge in [-0.05, 0) is 49.3 Å². The topological polar surface area (TPSA) is 110 Å². The highest BCUT2D eigenvalue weighted by molar-refractivity contribution is 5.94. The Balaban J connectivity index is 1.28. The monoisotopic (exact) mass is 468 g/mol. The summed E-state index contributed by atoms with van der Waals surface area (Å²) in [6.07, 6.45) is 11.4. The molecule has 0 spiro atoms. The van der Waals surface area contributed by atoms with E-state index in [0.717, 1.165) is 80.1 Å². The Morgan fingerprint density at radius 3 is 2.77 bits per heavy atom. The number of hydrogen-bond acceptors (Lipinski definition) is 9. The SMILES string of the molecule is c1cc(-c2nc(N3CCNCC3)c3c(C4CC4)cncc3n2)cc(Nc2nc3n(n2)CCCC3)n1. The summed E-state index contributed by atoms with van der Waals surface area (Å²) in [5, 5.41) is 12.5. The van der Waals surface area contributed by atoms with Crippen LogP contribution in [0.4, 0.5) is 17.6 Å². The number of fused-ring (bicyclic) bond motifs is 2. The Kier molecular flexibility index (Phi) is 5.04. The molecule has 10 heteroatoms. The third-order valence-electron chi connectivity index (χ3n) is 7.08. The Morgan fingerprint density at radius 2 is 1.91 bits per heavy atom. The molecule has 35 heavy (non-hydrogen) atoms. The smallest absolute Gasteiger partial charge is 0.247 e. The van der Waals surface area contributed by atoms with E-state index in [-0.39, 0.29) is 0 Å². The van der Waals surface area contributed by atoms with E-state index in [2.05, 4.69) is 35.6 Å². The molecule has 1 saturated carbocycles. The van der Waals surface area contributed by atoms with Crippen molar-refractivity contribution in [2.24, 2.45) is 0 Å². The molecule has 1 saturated heterocycles. The van der Waals surface area contributed by atoms with Gasteiger partial charge in [-0.3, -0.25) is 4.98 Å². The van der Waals surface area contributed by atoms with Crippen molar-refractivity contribution >= 4 is 28.5 Å². The first kappa shape index (κ1) is 20.7. The summed E-state index contributed by atoms with van der Waals surface area (Å²) in [6, 6.07) is 3.93. The van der Waals surface area contributed by atoms with E-state index in [1.807, 2.05) is 29.2 Å². The van der Waals surface area contributed by atoms with Crippen LogP contribution in [-0.2, 0) is 13.0 Å². The lowest BCUT2D eigenvalue weighted by molar-refractivity contribution is 0.480. The highest BCUT2D eigenvalue weighted by Crippen LogP contribution is 2.44. The summed E-state index contributed by atoms with van der Waals surface area (Å²) >= 11 is 0. The number of aryl methyl sites for hydroxylation is 2.